The average Bonchev–Trinajstić information content (AvgIpc) is 2.77. The van der Waals surface area contributed by atoms with Gasteiger partial charge in [0.1, 0.15) is 12.6 Å². The number of unbranched alkanes of at least 4 members (excludes halogenated alkanes) is 1. The highest BCUT2D eigenvalue weighted by atomic mass is 16.7. The summed E-state index contributed by atoms with van der Waals surface area (Å²) in [5.41, 5.74) is 0.835. The van der Waals surface area contributed by atoms with Crippen molar-refractivity contribution < 1.29 is 33.7 Å². The summed E-state index contributed by atoms with van der Waals surface area (Å²) in [7, 11) is 0. The minimum atomic E-state index is -1.10. The summed E-state index contributed by atoms with van der Waals surface area (Å²) >= 11 is 0. The first-order valence-electron chi connectivity index (χ1n) is 10.9. The van der Waals surface area contributed by atoms with Crippen LogP contribution in [0.3, 0.4) is 0 Å². The van der Waals surface area contributed by atoms with Crippen molar-refractivity contribution in [2.45, 2.75) is 58.5 Å². The molecule has 1 aromatic rings. The zero-order valence-corrected chi connectivity index (χ0v) is 18.8. The van der Waals surface area contributed by atoms with Crippen LogP contribution in [0.4, 0.5) is 9.59 Å². The molecule has 1 atom stereocenters. The molecule has 0 saturated heterocycles. The van der Waals surface area contributed by atoms with E-state index in [1.165, 1.54) is 0 Å². The van der Waals surface area contributed by atoms with Crippen LogP contribution in [-0.2, 0) is 25.6 Å². The molecule has 1 aromatic carbocycles. The van der Waals surface area contributed by atoms with E-state index in [0.717, 1.165) is 5.56 Å². The van der Waals surface area contributed by atoms with Gasteiger partial charge in [0.05, 0.1) is 0 Å². The zero-order chi connectivity index (χ0) is 23.6. The Bertz CT molecular complexity index is 667. The van der Waals surface area contributed by atoms with Crippen molar-refractivity contribution in [1.29, 1.82) is 0 Å². The predicted molar refractivity (Wildman–Crippen MR) is 118 cm³/mol. The number of rotatable bonds is 16. The Balaban J connectivity index is 2.54. The Morgan fingerprint density at radius 2 is 1.62 bits per heavy atom. The SMILES string of the molecule is CCOC(CCNC(=O)[C@H](CCCCNC(=O)O)NC(=O)OCc1ccccc1)OCC. The Labute approximate surface area is 189 Å². The molecule has 0 aliphatic carbocycles. The molecule has 0 aromatic heterocycles. The van der Waals surface area contributed by atoms with Crippen molar-refractivity contribution in [2.24, 2.45) is 0 Å². The lowest BCUT2D eigenvalue weighted by atomic mass is 10.1. The normalized spacial score (nSPS) is 11.6. The van der Waals surface area contributed by atoms with E-state index >= 15 is 0 Å². The van der Waals surface area contributed by atoms with Gasteiger partial charge in [-0.3, -0.25) is 4.79 Å². The quantitative estimate of drug-likeness (QED) is 0.223. The number of alkyl carbamates (subject to hydrolysis) is 1. The lowest BCUT2D eigenvalue weighted by Gasteiger charge is -2.20. The number of hydrogen-bond donors (Lipinski definition) is 4. The van der Waals surface area contributed by atoms with Gasteiger partial charge < -0.3 is 35.3 Å². The molecule has 32 heavy (non-hydrogen) atoms. The van der Waals surface area contributed by atoms with Crippen LogP contribution >= 0.6 is 0 Å². The fourth-order valence-corrected chi connectivity index (χ4v) is 2.87. The first-order valence-corrected chi connectivity index (χ1v) is 10.9. The molecule has 10 nitrogen and oxygen atoms in total. The van der Waals surface area contributed by atoms with Crippen LogP contribution in [0.5, 0.6) is 0 Å². The second kappa shape index (κ2) is 16.8. The van der Waals surface area contributed by atoms with Crippen LogP contribution < -0.4 is 16.0 Å². The van der Waals surface area contributed by atoms with Gasteiger partial charge in [-0.25, -0.2) is 9.59 Å². The molecule has 0 saturated carbocycles. The van der Waals surface area contributed by atoms with E-state index in [4.69, 9.17) is 19.3 Å². The monoisotopic (exact) mass is 453 g/mol. The van der Waals surface area contributed by atoms with E-state index < -0.39 is 24.5 Å². The van der Waals surface area contributed by atoms with Crippen LogP contribution in [0.1, 0.15) is 45.1 Å². The van der Waals surface area contributed by atoms with Gasteiger partial charge in [-0.1, -0.05) is 30.3 Å². The second-order valence-corrected chi connectivity index (χ2v) is 6.91. The van der Waals surface area contributed by atoms with Crippen molar-refractivity contribution in [3.05, 3.63) is 35.9 Å². The summed E-state index contributed by atoms with van der Waals surface area (Å²) in [4.78, 5) is 35.4. The third-order valence-corrected chi connectivity index (χ3v) is 4.40. The van der Waals surface area contributed by atoms with E-state index in [1.807, 2.05) is 44.2 Å². The predicted octanol–water partition coefficient (Wildman–Crippen LogP) is 2.62. The molecule has 0 radical (unpaired) electrons. The number of amides is 3. The summed E-state index contributed by atoms with van der Waals surface area (Å²) in [6.45, 7) is 5.41. The largest absolute Gasteiger partial charge is 0.465 e. The molecule has 0 aliphatic rings. The maximum atomic E-state index is 12.6. The van der Waals surface area contributed by atoms with E-state index in [-0.39, 0.29) is 19.1 Å². The van der Waals surface area contributed by atoms with Gasteiger partial charge in [-0.15, -0.1) is 0 Å². The number of carbonyl (C=O) groups is 3. The fourth-order valence-electron chi connectivity index (χ4n) is 2.87. The number of carbonyl (C=O) groups excluding carboxylic acids is 2. The summed E-state index contributed by atoms with van der Waals surface area (Å²) < 4.78 is 16.1. The number of ether oxygens (including phenoxy) is 3. The summed E-state index contributed by atoms with van der Waals surface area (Å²) in [6, 6.07) is 8.41. The van der Waals surface area contributed by atoms with Crippen molar-refractivity contribution in [1.82, 2.24) is 16.0 Å². The zero-order valence-electron chi connectivity index (χ0n) is 18.8. The first-order chi connectivity index (χ1) is 15.5. The van der Waals surface area contributed by atoms with Gasteiger partial charge in [0.2, 0.25) is 5.91 Å². The highest BCUT2D eigenvalue weighted by Crippen LogP contribution is 2.05. The third kappa shape index (κ3) is 12.8. The molecule has 0 aliphatic heterocycles. The molecule has 0 unspecified atom stereocenters. The Morgan fingerprint density at radius 1 is 0.938 bits per heavy atom. The molecule has 0 heterocycles. The minimum Gasteiger partial charge on any atom is -0.465 e. The molecule has 3 amide bonds. The Morgan fingerprint density at radius 3 is 2.25 bits per heavy atom. The van der Waals surface area contributed by atoms with Crippen LogP contribution in [-0.4, -0.2) is 61.8 Å². The van der Waals surface area contributed by atoms with Gasteiger partial charge in [-0.2, -0.15) is 0 Å². The molecular weight excluding hydrogens is 418 g/mol. The van der Waals surface area contributed by atoms with Crippen LogP contribution in [0.15, 0.2) is 30.3 Å². The van der Waals surface area contributed by atoms with Crippen molar-refractivity contribution in [2.75, 3.05) is 26.3 Å². The minimum absolute atomic E-state index is 0.0912. The van der Waals surface area contributed by atoms with Crippen molar-refractivity contribution in [3.63, 3.8) is 0 Å². The number of benzene rings is 1. The Kier molecular flexibility index (Phi) is 14.3. The smallest absolute Gasteiger partial charge is 0.408 e. The maximum Gasteiger partial charge on any atom is 0.408 e. The highest BCUT2D eigenvalue weighted by Gasteiger charge is 2.21. The average molecular weight is 454 g/mol. The molecule has 4 N–H and O–H groups in total. The van der Waals surface area contributed by atoms with Gasteiger partial charge in [-0.05, 0) is 38.7 Å². The maximum absolute atomic E-state index is 12.6. The van der Waals surface area contributed by atoms with Crippen LogP contribution in [0, 0.1) is 0 Å². The van der Waals surface area contributed by atoms with Crippen molar-refractivity contribution >= 4 is 18.1 Å². The van der Waals surface area contributed by atoms with Crippen molar-refractivity contribution in [3.8, 4) is 0 Å². The first kappa shape index (κ1) is 27.2. The molecule has 180 valence electrons. The lowest BCUT2D eigenvalue weighted by molar-refractivity contribution is -0.140. The molecule has 1 rings (SSSR count). The second-order valence-electron chi connectivity index (χ2n) is 6.91. The molecule has 0 fully saturated rings. The van der Waals surface area contributed by atoms with Crippen LogP contribution in [0.2, 0.25) is 0 Å². The van der Waals surface area contributed by atoms with Gasteiger partial charge in [0.25, 0.3) is 0 Å². The van der Waals surface area contributed by atoms with E-state index in [2.05, 4.69) is 16.0 Å². The summed E-state index contributed by atoms with van der Waals surface area (Å²) in [5, 5.41) is 16.3. The number of carboxylic acid groups (broad SMARTS) is 1. The molecule has 10 heteroatoms. The molecule has 0 bridgehead atoms. The summed E-state index contributed by atoms with van der Waals surface area (Å²) in [5.74, 6) is -0.348. The topological polar surface area (TPSA) is 135 Å². The lowest BCUT2D eigenvalue weighted by Crippen LogP contribution is -2.47. The van der Waals surface area contributed by atoms with E-state index in [1.54, 1.807) is 0 Å². The number of nitrogens with one attached hydrogen (secondary N) is 3. The highest BCUT2D eigenvalue weighted by molar-refractivity contribution is 5.85. The number of hydrogen-bond acceptors (Lipinski definition) is 6. The van der Waals surface area contributed by atoms with E-state index in [0.29, 0.717) is 45.4 Å². The van der Waals surface area contributed by atoms with Gasteiger partial charge in [0, 0.05) is 32.7 Å². The van der Waals surface area contributed by atoms with Gasteiger partial charge in [0.15, 0.2) is 6.29 Å². The molecule has 0 spiro atoms. The van der Waals surface area contributed by atoms with Gasteiger partial charge >= 0.3 is 12.2 Å². The summed E-state index contributed by atoms with van der Waals surface area (Å²) in [6.07, 6.45) is -0.311. The van der Waals surface area contributed by atoms with Crippen LogP contribution in [0.25, 0.3) is 0 Å². The standard InChI is InChI=1S/C22H35N3O7/c1-3-30-19(31-4-2)13-15-23-20(26)18(12-8-9-14-24-21(27)28)25-22(29)32-16-17-10-6-5-7-11-17/h5-7,10-11,18-19,24H,3-4,8-9,12-16H2,1-2H3,(H,23,26)(H,25,29)(H,27,28)/t18-/m0/s1. The fraction of sp³-hybridized carbons (Fsp3) is 0.591. The van der Waals surface area contributed by atoms with E-state index in [9.17, 15) is 14.4 Å². The third-order valence-electron chi connectivity index (χ3n) is 4.40. The Hall–Kier alpha value is -2.85. The molecular formula is C22H35N3O7.